The first kappa shape index (κ1) is 19.3. The molecule has 0 saturated carbocycles. The van der Waals surface area contributed by atoms with Crippen LogP contribution in [0.2, 0.25) is 0 Å². The molecule has 142 valence electrons. The van der Waals surface area contributed by atoms with Crippen molar-refractivity contribution >= 4 is 29.8 Å². The smallest absolute Gasteiger partial charge is 0.303 e. The number of hydrogen-bond donors (Lipinski definition) is 1. The molecule has 0 unspecified atom stereocenters. The summed E-state index contributed by atoms with van der Waals surface area (Å²) in [6.45, 7) is 0.358. The van der Waals surface area contributed by atoms with E-state index in [1.54, 1.807) is 17.1 Å². The molecule has 2 aromatic carbocycles. The highest BCUT2D eigenvalue weighted by Gasteiger charge is 2.29. The number of rotatable bonds is 5. The van der Waals surface area contributed by atoms with Gasteiger partial charge in [0.1, 0.15) is 0 Å². The van der Waals surface area contributed by atoms with Gasteiger partial charge in [-0.1, -0.05) is 60.7 Å². The maximum Gasteiger partial charge on any atom is 0.303 e. The van der Waals surface area contributed by atoms with Crippen LogP contribution < -0.4 is 0 Å². The van der Waals surface area contributed by atoms with Gasteiger partial charge >= 0.3 is 5.97 Å². The maximum absolute atomic E-state index is 13.0. The van der Waals surface area contributed by atoms with Crippen LogP contribution in [0.4, 0.5) is 0 Å². The molecule has 1 aliphatic rings. The van der Waals surface area contributed by atoms with Crippen molar-refractivity contribution in [3.8, 4) is 0 Å². The molecule has 1 aliphatic heterocycles. The zero-order chi connectivity index (χ0) is 19.9. The van der Waals surface area contributed by atoms with Gasteiger partial charge in [0.05, 0.1) is 6.42 Å². The van der Waals surface area contributed by atoms with E-state index < -0.39 is 5.97 Å². The molecule has 1 amide bonds. The summed E-state index contributed by atoms with van der Waals surface area (Å²) >= 11 is 0. The van der Waals surface area contributed by atoms with E-state index in [0.29, 0.717) is 11.1 Å². The summed E-state index contributed by atoms with van der Waals surface area (Å²) in [4.78, 5) is 37.9. The van der Waals surface area contributed by atoms with Crippen LogP contribution in [0.1, 0.15) is 24.0 Å². The molecule has 0 atom stereocenters. The van der Waals surface area contributed by atoms with Gasteiger partial charge in [0.25, 0.3) is 0 Å². The summed E-state index contributed by atoms with van der Waals surface area (Å²) in [5, 5.41) is 8.85. The Morgan fingerprint density at radius 1 is 0.821 bits per heavy atom. The van der Waals surface area contributed by atoms with Gasteiger partial charge in [-0.15, -0.1) is 0 Å². The molecule has 0 aliphatic carbocycles. The Labute approximate surface area is 163 Å². The minimum absolute atomic E-state index is 0.0826. The number of carbonyl (C=O) groups is 3. The second-order valence-corrected chi connectivity index (χ2v) is 6.63. The molecule has 28 heavy (non-hydrogen) atoms. The molecule has 2 aromatic rings. The first-order valence-corrected chi connectivity index (χ1v) is 9.08. The summed E-state index contributed by atoms with van der Waals surface area (Å²) in [7, 11) is 0. The Morgan fingerprint density at radius 3 is 1.71 bits per heavy atom. The van der Waals surface area contributed by atoms with Gasteiger partial charge in [0, 0.05) is 30.7 Å². The third-order valence-corrected chi connectivity index (χ3v) is 4.49. The van der Waals surface area contributed by atoms with Gasteiger partial charge in [-0.25, -0.2) is 0 Å². The molecule has 0 bridgehead atoms. The Bertz CT molecular complexity index is 868. The Hall–Kier alpha value is -3.47. The predicted molar refractivity (Wildman–Crippen MR) is 107 cm³/mol. The van der Waals surface area contributed by atoms with E-state index in [1.807, 2.05) is 60.7 Å². The van der Waals surface area contributed by atoms with Gasteiger partial charge in [-0.05, 0) is 23.3 Å². The van der Waals surface area contributed by atoms with E-state index in [0.717, 1.165) is 11.1 Å². The van der Waals surface area contributed by atoms with Gasteiger partial charge in [0.2, 0.25) is 5.91 Å². The first-order valence-electron chi connectivity index (χ1n) is 9.08. The van der Waals surface area contributed by atoms with Crippen molar-refractivity contribution in [2.24, 2.45) is 0 Å². The Kier molecular flexibility index (Phi) is 6.17. The van der Waals surface area contributed by atoms with Gasteiger partial charge in [-0.2, -0.15) is 0 Å². The molecule has 1 heterocycles. The number of carboxylic acid groups (broad SMARTS) is 1. The van der Waals surface area contributed by atoms with Crippen LogP contribution in [0, 0.1) is 0 Å². The van der Waals surface area contributed by atoms with Gasteiger partial charge in [0.15, 0.2) is 5.78 Å². The molecule has 1 N–H and O–H groups in total. The zero-order valence-corrected chi connectivity index (χ0v) is 15.4. The molecule has 5 nitrogen and oxygen atoms in total. The normalized spacial score (nSPS) is 17.1. The lowest BCUT2D eigenvalue weighted by molar-refractivity contribution is -0.141. The van der Waals surface area contributed by atoms with Crippen molar-refractivity contribution < 1.29 is 19.5 Å². The zero-order valence-electron chi connectivity index (χ0n) is 15.4. The van der Waals surface area contributed by atoms with Crippen LogP contribution in [-0.2, 0) is 14.4 Å². The van der Waals surface area contributed by atoms with Crippen molar-refractivity contribution in [2.45, 2.75) is 12.8 Å². The highest BCUT2D eigenvalue weighted by molar-refractivity contribution is 6.15. The molecule has 1 saturated heterocycles. The summed E-state index contributed by atoms with van der Waals surface area (Å²) in [6.07, 6.45) is 3.27. The van der Waals surface area contributed by atoms with E-state index in [2.05, 4.69) is 0 Å². The maximum atomic E-state index is 13.0. The topological polar surface area (TPSA) is 74.7 Å². The summed E-state index contributed by atoms with van der Waals surface area (Å²) < 4.78 is 0. The number of likely N-dealkylation sites (tertiary alicyclic amines) is 1. The summed E-state index contributed by atoms with van der Waals surface area (Å²) in [5.74, 6) is -1.37. The second-order valence-electron chi connectivity index (χ2n) is 6.63. The molecule has 0 aromatic heterocycles. The van der Waals surface area contributed by atoms with E-state index in [9.17, 15) is 14.4 Å². The third-order valence-electron chi connectivity index (χ3n) is 4.49. The van der Waals surface area contributed by atoms with Crippen LogP contribution in [0.25, 0.3) is 12.2 Å². The van der Waals surface area contributed by atoms with Crippen molar-refractivity contribution in [1.29, 1.82) is 0 Å². The fraction of sp³-hybridized carbons (Fsp3) is 0.174. The van der Waals surface area contributed by atoms with Crippen LogP contribution in [0.3, 0.4) is 0 Å². The van der Waals surface area contributed by atoms with Crippen LogP contribution in [0.5, 0.6) is 0 Å². The third kappa shape index (κ3) is 5.04. The molecule has 1 fully saturated rings. The number of ketones is 1. The molecule has 0 radical (unpaired) electrons. The molecule has 3 rings (SSSR count). The number of piperidine rings is 1. The average Bonchev–Trinajstić information content (AvgIpc) is 2.70. The quantitative estimate of drug-likeness (QED) is 0.813. The van der Waals surface area contributed by atoms with E-state index >= 15 is 0 Å². The molecule has 5 heteroatoms. The monoisotopic (exact) mass is 375 g/mol. The number of carboxylic acids is 1. The minimum atomic E-state index is -1.01. The predicted octanol–water partition coefficient (Wildman–Crippen LogP) is 3.43. The van der Waals surface area contributed by atoms with Crippen molar-refractivity contribution in [1.82, 2.24) is 4.90 Å². The van der Waals surface area contributed by atoms with Crippen molar-refractivity contribution in [3.63, 3.8) is 0 Å². The standard InChI is InChI=1S/C23H21NO4/c25-21(11-12-22(26)27)24-15-19(13-17-7-3-1-4-8-17)23(28)20(16-24)14-18-9-5-2-6-10-18/h1-10,13-14H,11-12,15-16H2,(H,26,27)/b19-13+,20-14+. The molecular formula is C23H21NO4. The Morgan fingerprint density at radius 2 is 1.29 bits per heavy atom. The lowest BCUT2D eigenvalue weighted by Crippen LogP contribution is -2.41. The lowest BCUT2D eigenvalue weighted by Gasteiger charge is -2.30. The number of nitrogens with zero attached hydrogens (tertiary/aromatic N) is 1. The largest absolute Gasteiger partial charge is 0.481 e. The molecular weight excluding hydrogens is 354 g/mol. The number of Topliss-reactive ketones (excluding diaryl/α,β-unsaturated/α-hetero) is 1. The number of hydrogen-bond acceptors (Lipinski definition) is 3. The van der Waals surface area contributed by atoms with Gasteiger partial charge in [-0.3, -0.25) is 14.4 Å². The minimum Gasteiger partial charge on any atom is -0.481 e. The SMILES string of the molecule is O=C(O)CCC(=O)N1C/C(=C\c2ccccc2)C(=O)/C(=C/c2ccccc2)C1. The lowest BCUT2D eigenvalue weighted by atomic mass is 9.94. The summed E-state index contributed by atoms with van der Waals surface area (Å²) in [5.41, 5.74) is 2.79. The van der Waals surface area contributed by atoms with Gasteiger partial charge < -0.3 is 10.0 Å². The fourth-order valence-electron chi connectivity index (χ4n) is 3.09. The van der Waals surface area contributed by atoms with E-state index in [1.165, 1.54) is 0 Å². The highest BCUT2D eigenvalue weighted by atomic mass is 16.4. The van der Waals surface area contributed by atoms with Crippen LogP contribution >= 0.6 is 0 Å². The number of carbonyl (C=O) groups excluding carboxylic acids is 2. The van der Waals surface area contributed by atoms with E-state index in [-0.39, 0.29) is 37.6 Å². The summed E-state index contributed by atoms with van der Waals surface area (Å²) in [6, 6.07) is 18.9. The van der Waals surface area contributed by atoms with Crippen molar-refractivity contribution in [2.75, 3.05) is 13.1 Å². The average molecular weight is 375 g/mol. The number of benzene rings is 2. The highest BCUT2D eigenvalue weighted by Crippen LogP contribution is 2.23. The van der Waals surface area contributed by atoms with Crippen LogP contribution in [-0.4, -0.2) is 40.8 Å². The molecule has 0 spiro atoms. The first-order chi connectivity index (χ1) is 13.5. The number of amides is 1. The fourth-order valence-corrected chi connectivity index (χ4v) is 3.09. The van der Waals surface area contributed by atoms with Crippen LogP contribution in [0.15, 0.2) is 71.8 Å². The second kappa shape index (κ2) is 8.95. The Balaban J connectivity index is 1.92. The van der Waals surface area contributed by atoms with E-state index in [4.69, 9.17) is 5.11 Å². The number of aliphatic carboxylic acids is 1. The van der Waals surface area contributed by atoms with Crippen molar-refractivity contribution in [3.05, 3.63) is 82.9 Å².